The zero-order valence-electron chi connectivity index (χ0n) is 12.1. The summed E-state index contributed by atoms with van der Waals surface area (Å²) < 4.78 is 1.36. The predicted octanol–water partition coefficient (Wildman–Crippen LogP) is 2.05. The molecule has 22 heavy (non-hydrogen) atoms. The summed E-state index contributed by atoms with van der Waals surface area (Å²) in [6.07, 6.45) is 1.39. The number of nitrogens with zero attached hydrogens (tertiary/aromatic N) is 5. The van der Waals surface area contributed by atoms with Crippen LogP contribution in [0.4, 0.5) is 5.13 Å². The average molecular weight is 314 g/mol. The summed E-state index contributed by atoms with van der Waals surface area (Å²) in [7, 11) is 0. The van der Waals surface area contributed by atoms with E-state index in [1.165, 1.54) is 27.9 Å². The Bertz CT molecular complexity index is 796. The highest BCUT2D eigenvalue weighted by molar-refractivity contribution is 7.14. The summed E-state index contributed by atoms with van der Waals surface area (Å²) in [4.78, 5) is 16.4. The van der Waals surface area contributed by atoms with Gasteiger partial charge in [-0.1, -0.05) is 17.7 Å². The molecular weight excluding hydrogens is 300 g/mol. The van der Waals surface area contributed by atoms with Crippen LogP contribution in [0.3, 0.4) is 0 Å². The molecule has 2 heterocycles. The Morgan fingerprint density at radius 3 is 3.00 bits per heavy atom. The minimum absolute atomic E-state index is 0.0609. The van der Waals surface area contributed by atoms with Crippen molar-refractivity contribution in [1.82, 2.24) is 25.2 Å². The normalized spacial score (nSPS) is 10.6. The Hall–Kier alpha value is -2.61. The number of rotatable bonds is 4. The lowest BCUT2D eigenvalue weighted by Gasteiger charge is -2.04. The van der Waals surface area contributed by atoms with Crippen molar-refractivity contribution in [3.63, 3.8) is 0 Å². The van der Waals surface area contributed by atoms with E-state index in [4.69, 9.17) is 0 Å². The molecule has 112 valence electrons. The van der Waals surface area contributed by atoms with Gasteiger partial charge in [-0.25, -0.2) is 9.67 Å². The first-order valence-electron chi connectivity index (χ1n) is 6.65. The summed E-state index contributed by atoms with van der Waals surface area (Å²) in [6.45, 7) is 4.15. The van der Waals surface area contributed by atoms with E-state index in [1.807, 2.05) is 19.2 Å². The number of aryl methyl sites for hydroxylation is 2. The van der Waals surface area contributed by atoms with Gasteiger partial charge in [0, 0.05) is 10.9 Å². The number of thiazole rings is 1. The number of nitrogens with one attached hydrogen (secondary N) is 1. The van der Waals surface area contributed by atoms with Crippen LogP contribution in [0.1, 0.15) is 11.1 Å². The number of tetrazole rings is 1. The second-order valence-electron chi connectivity index (χ2n) is 4.91. The fourth-order valence-electron chi connectivity index (χ4n) is 2.03. The molecule has 0 aliphatic heterocycles. The molecule has 0 aliphatic rings. The van der Waals surface area contributed by atoms with Crippen LogP contribution in [0.5, 0.6) is 0 Å². The molecule has 8 heteroatoms. The molecular formula is C14H14N6OS. The third kappa shape index (κ3) is 3.17. The van der Waals surface area contributed by atoms with Gasteiger partial charge >= 0.3 is 0 Å². The summed E-state index contributed by atoms with van der Waals surface area (Å²) in [5.41, 5.74) is 4.28. The number of carbonyl (C=O) groups excluding carboxylic acids is 1. The van der Waals surface area contributed by atoms with Gasteiger partial charge in [-0.15, -0.1) is 16.4 Å². The Morgan fingerprint density at radius 1 is 1.36 bits per heavy atom. The molecule has 1 N–H and O–H groups in total. The van der Waals surface area contributed by atoms with E-state index in [0.29, 0.717) is 5.13 Å². The SMILES string of the molecule is Cc1ccc(C)c(-c2csc(NC(=O)Cn3cnnn3)n2)c1. The van der Waals surface area contributed by atoms with Gasteiger partial charge in [0.1, 0.15) is 12.9 Å². The smallest absolute Gasteiger partial charge is 0.248 e. The van der Waals surface area contributed by atoms with Gasteiger partial charge in [-0.3, -0.25) is 4.79 Å². The molecule has 0 unspecified atom stereocenters. The molecule has 3 aromatic rings. The number of hydrogen-bond acceptors (Lipinski definition) is 6. The quantitative estimate of drug-likeness (QED) is 0.796. The van der Waals surface area contributed by atoms with Crippen molar-refractivity contribution in [3.05, 3.63) is 41.0 Å². The maximum atomic E-state index is 11.9. The largest absolute Gasteiger partial charge is 0.300 e. The monoisotopic (exact) mass is 314 g/mol. The van der Waals surface area contributed by atoms with E-state index in [9.17, 15) is 4.79 Å². The zero-order valence-corrected chi connectivity index (χ0v) is 13.0. The first-order valence-corrected chi connectivity index (χ1v) is 7.53. The van der Waals surface area contributed by atoms with Crippen LogP contribution in [0, 0.1) is 13.8 Å². The lowest BCUT2D eigenvalue weighted by atomic mass is 10.0. The van der Waals surface area contributed by atoms with Crippen molar-refractivity contribution in [3.8, 4) is 11.3 Å². The van der Waals surface area contributed by atoms with Crippen LogP contribution in [-0.4, -0.2) is 31.1 Å². The minimum Gasteiger partial charge on any atom is -0.300 e. The van der Waals surface area contributed by atoms with Crippen LogP contribution in [0.15, 0.2) is 29.9 Å². The van der Waals surface area contributed by atoms with Crippen LogP contribution < -0.4 is 5.32 Å². The van der Waals surface area contributed by atoms with Crippen molar-refractivity contribution < 1.29 is 4.79 Å². The second-order valence-corrected chi connectivity index (χ2v) is 5.77. The van der Waals surface area contributed by atoms with Crippen molar-refractivity contribution in [2.24, 2.45) is 0 Å². The number of aromatic nitrogens is 5. The highest BCUT2D eigenvalue weighted by Gasteiger charge is 2.10. The highest BCUT2D eigenvalue weighted by atomic mass is 32.1. The number of benzene rings is 1. The second kappa shape index (κ2) is 6.02. The lowest BCUT2D eigenvalue weighted by molar-refractivity contribution is -0.116. The van der Waals surface area contributed by atoms with Gasteiger partial charge in [-0.2, -0.15) is 0 Å². The predicted molar refractivity (Wildman–Crippen MR) is 83.5 cm³/mol. The molecule has 0 atom stereocenters. The van der Waals surface area contributed by atoms with E-state index in [1.54, 1.807) is 0 Å². The summed E-state index contributed by atoms with van der Waals surface area (Å²) in [5, 5.41) is 15.9. The van der Waals surface area contributed by atoms with Crippen LogP contribution in [-0.2, 0) is 11.3 Å². The van der Waals surface area contributed by atoms with E-state index < -0.39 is 0 Å². The van der Waals surface area contributed by atoms with E-state index in [0.717, 1.165) is 16.8 Å². The van der Waals surface area contributed by atoms with Crippen LogP contribution >= 0.6 is 11.3 Å². The standard InChI is InChI=1S/C14H14N6OS/c1-9-3-4-10(2)11(5-9)12-7-22-14(16-12)17-13(21)6-20-8-15-18-19-20/h3-5,7-8H,6H2,1-2H3,(H,16,17,21). The van der Waals surface area contributed by atoms with E-state index in [2.05, 4.69) is 44.0 Å². The molecule has 0 spiro atoms. The third-order valence-corrected chi connectivity index (χ3v) is 3.87. The average Bonchev–Trinajstić information content (AvgIpc) is 3.13. The molecule has 1 aromatic carbocycles. The fraction of sp³-hybridized carbons (Fsp3) is 0.214. The molecule has 3 rings (SSSR count). The Morgan fingerprint density at radius 2 is 2.23 bits per heavy atom. The van der Waals surface area contributed by atoms with Crippen LogP contribution in [0.2, 0.25) is 0 Å². The number of carbonyl (C=O) groups is 1. The van der Waals surface area contributed by atoms with Gasteiger partial charge in [0.2, 0.25) is 5.91 Å². The summed E-state index contributed by atoms with van der Waals surface area (Å²) in [5.74, 6) is -0.214. The zero-order chi connectivity index (χ0) is 15.5. The van der Waals surface area contributed by atoms with E-state index >= 15 is 0 Å². The minimum atomic E-state index is -0.214. The van der Waals surface area contributed by atoms with Crippen molar-refractivity contribution >= 4 is 22.4 Å². The Balaban J connectivity index is 1.73. The number of amides is 1. The molecule has 2 aromatic heterocycles. The molecule has 0 saturated heterocycles. The molecule has 0 bridgehead atoms. The van der Waals surface area contributed by atoms with Crippen molar-refractivity contribution in [1.29, 1.82) is 0 Å². The lowest BCUT2D eigenvalue weighted by Crippen LogP contribution is -2.19. The Kier molecular flexibility index (Phi) is 3.92. The van der Waals surface area contributed by atoms with Gasteiger partial charge in [0.15, 0.2) is 5.13 Å². The van der Waals surface area contributed by atoms with E-state index in [-0.39, 0.29) is 12.5 Å². The third-order valence-electron chi connectivity index (χ3n) is 3.12. The van der Waals surface area contributed by atoms with Crippen molar-refractivity contribution in [2.75, 3.05) is 5.32 Å². The van der Waals surface area contributed by atoms with Gasteiger partial charge < -0.3 is 5.32 Å². The molecule has 0 aliphatic carbocycles. The summed E-state index contributed by atoms with van der Waals surface area (Å²) in [6, 6.07) is 6.23. The first-order chi connectivity index (χ1) is 10.6. The molecule has 0 fully saturated rings. The fourth-order valence-corrected chi connectivity index (χ4v) is 2.75. The molecule has 0 saturated carbocycles. The number of anilines is 1. The topological polar surface area (TPSA) is 85.6 Å². The maximum Gasteiger partial charge on any atom is 0.248 e. The molecule has 1 amide bonds. The Labute approximate surface area is 131 Å². The van der Waals surface area contributed by atoms with Crippen molar-refractivity contribution in [2.45, 2.75) is 20.4 Å². The van der Waals surface area contributed by atoms with Crippen LogP contribution in [0.25, 0.3) is 11.3 Å². The number of hydrogen-bond donors (Lipinski definition) is 1. The van der Waals surface area contributed by atoms with Gasteiger partial charge in [-0.05, 0) is 35.9 Å². The first kappa shape index (κ1) is 14.3. The van der Waals surface area contributed by atoms with Gasteiger partial charge in [0.05, 0.1) is 5.69 Å². The maximum absolute atomic E-state index is 11.9. The molecule has 7 nitrogen and oxygen atoms in total. The molecule has 0 radical (unpaired) electrons. The highest BCUT2D eigenvalue weighted by Crippen LogP contribution is 2.28. The van der Waals surface area contributed by atoms with Gasteiger partial charge in [0.25, 0.3) is 0 Å². The summed E-state index contributed by atoms with van der Waals surface area (Å²) >= 11 is 1.40.